The Labute approximate surface area is 296 Å². The molecule has 0 radical (unpaired) electrons. The third-order valence-electron chi connectivity index (χ3n) is 9.98. The molecule has 0 aliphatic carbocycles. The van der Waals surface area contributed by atoms with E-state index in [4.69, 9.17) is 14.2 Å². The Morgan fingerprint density at radius 3 is 1.12 bits per heavy atom. The van der Waals surface area contributed by atoms with Crippen LogP contribution in [0.3, 0.4) is 0 Å². The zero-order chi connectivity index (χ0) is 34.4. The average Bonchev–Trinajstić information content (AvgIpc) is 3.63. The average molecular weight is 673 g/mol. The van der Waals surface area contributed by atoms with Crippen molar-refractivity contribution in [2.75, 3.05) is 13.2 Å². The monoisotopic (exact) mass is 673 g/mol. The SMILES string of the molecule is CCCCC/C=C\C/C=C\CCCCCCCCC1(CCCCCCCC/C=C\C/C=C\CCCCC)O[C@H]2[C@H](O1)[C@@H](CO)O[C@H]2CO. The van der Waals surface area contributed by atoms with E-state index in [1.807, 2.05) is 0 Å². The van der Waals surface area contributed by atoms with Crippen molar-refractivity contribution in [2.24, 2.45) is 0 Å². The molecule has 0 spiro atoms. The van der Waals surface area contributed by atoms with Crippen molar-refractivity contribution in [1.82, 2.24) is 0 Å². The number of fused-ring (bicyclic) bond motifs is 1. The summed E-state index contributed by atoms with van der Waals surface area (Å²) in [7, 11) is 0. The van der Waals surface area contributed by atoms with Crippen molar-refractivity contribution in [3.05, 3.63) is 48.6 Å². The van der Waals surface area contributed by atoms with Crippen LogP contribution >= 0.6 is 0 Å². The molecule has 2 aliphatic rings. The minimum absolute atomic E-state index is 0.104. The molecule has 278 valence electrons. The normalized spacial score (nSPS) is 22.4. The molecule has 0 aromatic heterocycles. The van der Waals surface area contributed by atoms with Crippen LogP contribution in [0.1, 0.15) is 181 Å². The van der Waals surface area contributed by atoms with Gasteiger partial charge in [0.25, 0.3) is 0 Å². The van der Waals surface area contributed by atoms with Gasteiger partial charge < -0.3 is 24.4 Å². The zero-order valence-corrected chi connectivity index (χ0v) is 31.3. The molecule has 0 unspecified atom stereocenters. The molecule has 5 heteroatoms. The number of ether oxygens (including phenoxy) is 3. The lowest BCUT2D eigenvalue weighted by atomic mass is 9.98. The molecule has 0 aromatic rings. The van der Waals surface area contributed by atoms with Crippen LogP contribution in [-0.2, 0) is 14.2 Å². The molecule has 2 heterocycles. The molecule has 0 aromatic carbocycles. The van der Waals surface area contributed by atoms with Gasteiger partial charge in [-0.2, -0.15) is 0 Å². The van der Waals surface area contributed by atoms with Gasteiger partial charge in [0.1, 0.15) is 24.4 Å². The van der Waals surface area contributed by atoms with Crippen molar-refractivity contribution in [1.29, 1.82) is 0 Å². The fraction of sp³-hybridized carbons (Fsp3) is 0.814. The van der Waals surface area contributed by atoms with Crippen LogP contribution in [0.5, 0.6) is 0 Å². The number of hydrogen-bond acceptors (Lipinski definition) is 5. The second-order valence-electron chi connectivity index (χ2n) is 14.3. The Balaban J connectivity index is 1.60. The van der Waals surface area contributed by atoms with Gasteiger partial charge in [0, 0.05) is 12.8 Å². The minimum Gasteiger partial charge on any atom is -0.394 e. The van der Waals surface area contributed by atoms with Crippen LogP contribution in [-0.4, -0.2) is 53.6 Å². The minimum atomic E-state index is -0.607. The molecule has 0 bridgehead atoms. The first-order valence-electron chi connectivity index (χ1n) is 20.5. The lowest BCUT2D eigenvalue weighted by Gasteiger charge is -2.31. The second kappa shape index (κ2) is 29.5. The molecule has 2 fully saturated rings. The van der Waals surface area contributed by atoms with E-state index in [-0.39, 0.29) is 25.4 Å². The van der Waals surface area contributed by atoms with Crippen LogP contribution in [0.4, 0.5) is 0 Å². The van der Waals surface area contributed by atoms with E-state index in [1.54, 1.807) is 0 Å². The van der Waals surface area contributed by atoms with Gasteiger partial charge in [0.05, 0.1) is 13.2 Å². The van der Waals surface area contributed by atoms with Crippen molar-refractivity contribution in [3.63, 3.8) is 0 Å². The van der Waals surface area contributed by atoms with Crippen molar-refractivity contribution >= 4 is 0 Å². The molecule has 2 rings (SSSR count). The summed E-state index contributed by atoms with van der Waals surface area (Å²) in [6.07, 6.45) is 48.6. The van der Waals surface area contributed by atoms with E-state index in [0.29, 0.717) is 0 Å². The van der Waals surface area contributed by atoms with Crippen LogP contribution in [0, 0.1) is 0 Å². The van der Waals surface area contributed by atoms with Gasteiger partial charge in [-0.3, -0.25) is 0 Å². The van der Waals surface area contributed by atoms with Crippen molar-refractivity contribution in [3.8, 4) is 0 Å². The van der Waals surface area contributed by atoms with E-state index in [2.05, 4.69) is 62.5 Å². The molecule has 2 saturated heterocycles. The maximum atomic E-state index is 9.89. The summed E-state index contributed by atoms with van der Waals surface area (Å²) in [5.41, 5.74) is 0. The van der Waals surface area contributed by atoms with Gasteiger partial charge in [-0.25, -0.2) is 0 Å². The van der Waals surface area contributed by atoms with Crippen LogP contribution < -0.4 is 0 Å². The Kier molecular flexibility index (Phi) is 26.4. The highest BCUT2D eigenvalue weighted by atomic mass is 16.8. The summed E-state index contributed by atoms with van der Waals surface area (Å²) in [4.78, 5) is 0. The van der Waals surface area contributed by atoms with Crippen molar-refractivity contribution < 1.29 is 24.4 Å². The highest BCUT2D eigenvalue weighted by molar-refractivity contribution is 4.99. The molecule has 2 N–H and O–H groups in total. The lowest BCUT2D eigenvalue weighted by molar-refractivity contribution is -0.222. The number of unbranched alkanes of at least 4 members (excludes halogenated alkanes) is 18. The summed E-state index contributed by atoms with van der Waals surface area (Å²) in [5.74, 6) is -0.607. The first kappa shape index (κ1) is 42.9. The highest BCUT2D eigenvalue weighted by Gasteiger charge is 2.57. The van der Waals surface area contributed by atoms with E-state index >= 15 is 0 Å². The van der Waals surface area contributed by atoms with E-state index in [1.165, 1.54) is 128 Å². The summed E-state index contributed by atoms with van der Waals surface area (Å²) in [6, 6.07) is 0. The number of aliphatic hydroxyl groups is 2. The molecule has 48 heavy (non-hydrogen) atoms. The largest absolute Gasteiger partial charge is 0.394 e. The van der Waals surface area contributed by atoms with Gasteiger partial charge in [0.15, 0.2) is 5.79 Å². The summed E-state index contributed by atoms with van der Waals surface area (Å²) < 4.78 is 19.1. The first-order valence-corrected chi connectivity index (χ1v) is 20.5. The first-order chi connectivity index (χ1) is 23.7. The van der Waals surface area contributed by atoms with Crippen molar-refractivity contribution in [2.45, 2.75) is 211 Å². The fourth-order valence-corrected chi connectivity index (χ4v) is 7.03. The smallest absolute Gasteiger partial charge is 0.169 e. The highest BCUT2D eigenvalue weighted by Crippen LogP contribution is 2.44. The number of hydrogen-bond donors (Lipinski definition) is 2. The van der Waals surface area contributed by atoms with E-state index in [0.717, 1.165) is 38.5 Å². The molecule has 2 aliphatic heterocycles. The molecule has 0 saturated carbocycles. The van der Waals surface area contributed by atoms with Gasteiger partial charge in [-0.1, -0.05) is 140 Å². The summed E-state index contributed by atoms with van der Waals surface area (Å²) in [5, 5.41) is 19.8. The zero-order valence-electron chi connectivity index (χ0n) is 31.3. The second-order valence-corrected chi connectivity index (χ2v) is 14.3. The predicted octanol–water partition coefficient (Wildman–Crippen LogP) is 11.6. The number of allylic oxidation sites excluding steroid dienone is 8. The fourth-order valence-electron chi connectivity index (χ4n) is 7.03. The maximum Gasteiger partial charge on any atom is 0.169 e. The molecule has 0 amide bonds. The lowest BCUT2D eigenvalue weighted by Crippen LogP contribution is -2.36. The number of rotatable bonds is 32. The van der Waals surface area contributed by atoms with Gasteiger partial charge >= 0.3 is 0 Å². The third-order valence-corrected chi connectivity index (χ3v) is 9.98. The quantitative estimate of drug-likeness (QED) is 0.0550. The molecular weight excluding hydrogens is 596 g/mol. The molecule has 5 nitrogen and oxygen atoms in total. The Hall–Kier alpha value is -1.24. The Morgan fingerprint density at radius 2 is 0.771 bits per heavy atom. The third kappa shape index (κ3) is 19.2. The maximum absolute atomic E-state index is 9.89. The van der Waals surface area contributed by atoms with Gasteiger partial charge in [-0.05, 0) is 77.0 Å². The van der Waals surface area contributed by atoms with Crippen LogP contribution in [0.25, 0.3) is 0 Å². The Morgan fingerprint density at radius 1 is 0.438 bits per heavy atom. The van der Waals surface area contributed by atoms with E-state index in [9.17, 15) is 10.2 Å². The molecule has 4 atom stereocenters. The van der Waals surface area contributed by atoms with Gasteiger partial charge in [0.2, 0.25) is 0 Å². The Bertz CT molecular complexity index is 780. The summed E-state index contributed by atoms with van der Waals surface area (Å²) >= 11 is 0. The predicted molar refractivity (Wildman–Crippen MR) is 203 cm³/mol. The van der Waals surface area contributed by atoms with Crippen LogP contribution in [0.15, 0.2) is 48.6 Å². The standard InChI is InChI=1S/C43H76O5/c1-3-5-7-9-11-13-15-17-19-21-23-25-27-29-31-33-35-43(47-41-39(37-44)46-40(38-45)42(41)48-43)36-34-32-30-28-26-24-22-20-18-16-14-12-10-8-6-4-2/h11-14,17-20,39-42,44-45H,3-10,15-16,21-38H2,1-2H3/b13-11-,14-12-,19-17-,20-18-/t39-,40+,41-,42-/m1/s1. The van der Waals surface area contributed by atoms with Gasteiger partial charge in [-0.15, -0.1) is 0 Å². The van der Waals surface area contributed by atoms with E-state index < -0.39 is 18.0 Å². The molecular formula is C43H76O5. The summed E-state index contributed by atoms with van der Waals surface area (Å²) in [6.45, 7) is 4.30. The topological polar surface area (TPSA) is 68.2 Å². The number of aliphatic hydroxyl groups excluding tert-OH is 2. The van der Waals surface area contributed by atoms with Crippen LogP contribution in [0.2, 0.25) is 0 Å².